The third kappa shape index (κ3) is 15.5. The Kier molecular flexibility index (Phi) is 18.2. The molecular weight excluding hydrogens is 828 g/mol. The van der Waals surface area contributed by atoms with Gasteiger partial charge in [-0.1, -0.05) is 77.1 Å². The van der Waals surface area contributed by atoms with E-state index in [-0.39, 0.29) is 19.9 Å². The maximum atomic E-state index is 12.4. The Bertz CT molecular complexity index is 1840. The lowest BCUT2D eigenvalue weighted by Gasteiger charge is -2.16. The standard InChI is InChI=1S/C19H21F3N4OS.C10H10BrNO3S.C2HF3O2.H2S/c1-14(19(20,21)22)8-7-9-15(2)26(3)28-27-24-13-18-23-12-17(25-18)16-10-5-4-6-11-16;1-6-2-3-7(8(11)4-6)9-5-10(13)12-16(9,14)15;3-2(4,5)1(6)7;/h4-12,24H,2,13H2,1,3H3,(H,23,25);2-4,9H,5H2,1H3,(H,12,13);(H,6,7);1H2/b9-7+,14-8+;;;. The van der Waals surface area contributed by atoms with Gasteiger partial charge in [-0.25, -0.2) is 22.5 Å². The molecule has 0 aliphatic carbocycles. The van der Waals surface area contributed by atoms with Gasteiger partial charge in [0.25, 0.3) is 0 Å². The van der Waals surface area contributed by atoms with Crippen LogP contribution >= 0.6 is 41.7 Å². The number of aliphatic carboxylic acids is 1. The summed E-state index contributed by atoms with van der Waals surface area (Å²) >= 11 is 4.28. The van der Waals surface area contributed by atoms with Gasteiger partial charge in [0, 0.05) is 22.8 Å². The fourth-order valence-corrected chi connectivity index (χ4v) is 6.42. The van der Waals surface area contributed by atoms with Crippen molar-refractivity contribution in [2.75, 3.05) is 7.05 Å². The summed E-state index contributed by atoms with van der Waals surface area (Å²) < 4.78 is 102. The zero-order chi connectivity index (χ0) is 38.6. The maximum Gasteiger partial charge on any atom is 0.490 e. The van der Waals surface area contributed by atoms with E-state index in [9.17, 15) is 39.6 Å². The third-order valence-corrected chi connectivity index (χ3v) is 9.41. The average molecular weight is 863 g/mol. The molecule has 1 atom stereocenters. The number of aromatic amines is 1. The Morgan fingerprint density at radius 2 is 1.79 bits per heavy atom. The molecule has 4 rings (SSSR count). The molecule has 1 saturated heterocycles. The molecule has 0 spiro atoms. The Balaban J connectivity index is 0.000000472. The summed E-state index contributed by atoms with van der Waals surface area (Å²) in [5.74, 6) is -2.50. The maximum absolute atomic E-state index is 12.4. The number of alkyl halides is 6. The van der Waals surface area contributed by atoms with Gasteiger partial charge in [-0.3, -0.25) is 13.8 Å². The van der Waals surface area contributed by atoms with E-state index < -0.39 is 45.1 Å². The Hall–Kier alpha value is -3.76. The lowest BCUT2D eigenvalue weighted by Crippen LogP contribution is -2.21. The number of carboxylic acids is 1. The van der Waals surface area contributed by atoms with Gasteiger partial charge in [-0.2, -0.15) is 45.3 Å². The first-order chi connectivity index (χ1) is 23.6. The summed E-state index contributed by atoms with van der Waals surface area (Å²) in [7, 11) is -1.87. The van der Waals surface area contributed by atoms with E-state index in [1.165, 1.54) is 12.2 Å². The number of sulfonamides is 1. The van der Waals surface area contributed by atoms with Crippen LogP contribution < -0.4 is 10.2 Å². The summed E-state index contributed by atoms with van der Waals surface area (Å²) in [5.41, 5.74) is 6.14. The van der Waals surface area contributed by atoms with Crippen LogP contribution in [0.3, 0.4) is 0 Å². The van der Waals surface area contributed by atoms with Gasteiger partial charge in [0.15, 0.2) is 0 Å². The van der Waals surface area contributed by atoms with E-state index in [0.29, 0.717) is 23.6 Å². The highest BCUT2D eigenvalue weighted by atomic mass is 79.9. The fourth-order valence-electron chi connectivity index (χ4n) is 3.67. The van der Waals surface area contributed by atoms with Crippen molar-refractivity contribution in [1.29, 1.82) is 0 Å². The van der Waals surface area contributed by atoms with Gasteiger partial charge in [0.05, 0.1) is 24.9 Å². The Morgan fingerprint density at radius 3 is 2.31 bits per heavy atom. The number of carbonyl (C=O) groups excluding carboxylic acids is 1. The summed E-state index contributed by atoms with van der Waals surface area (Å²) in [5, 5.41) is 6.34. The summed E-state index contributed by atoms with van der Waals surface area (Å²) in [6.07, 6.45) is -3.93. The highest BCUT2D eigenvalue weighted by Gasteiger charge is 2.39. The second-order valence-electron chi connectivity index (χ2n) is 10.4. The Morgan fingerprint density at radius 1 is 1.17 bits per heavy atom. The molecule has 1 amide bonds. The molecule has 0 bridgehead atoms. The minimum atomic E-state index is -5.08. The molecule has 286 valence electrons. The smallest absolute Gasteiger partial charge is 0.475 e. The van der Waals surface area contributed by atoms with Crippen LogP contribution in [0.25, 0.3) is 11.3 Å². The fraction of sp³-hybridized carbons (Fsp3) is 0.258. The molecule has 0 radical (unpaired) electrons. The van der Waals surface area contributed by atoms with Crippen molar-refractivity contribution in [2.45, 2.75) is 44.4 Å². The van der Waals surface area contributed by atoms with Gasteiger partial charge in [0.1, 0.15) is 23.3 Å². The van der Waals surface area contributed by atoms with Crippen LogP contribution in [0.15, 0.2) is 95.3 Å². The number of hydrogen-bond donors (Lipinski definition) is 4. The highest BCUT2D eigenvalue weighted by molar-refractivity contribution is 9.10. The first-order valence-corrected chi connectivity index (χ1v) is 17.3. The summed E-state index contributed by atoms with van der Waals surface area (Å²) in [6, 6.07) is 15.2. The summed E-state index contributed by atoms with van der Waals surface area (Å²) in [4.78, 5) is 27.5. The highest BCUT2D eigenvalue weighted by Crippen LogP contribution is 2.35. The van der Waals surface area contributed by atoms with E-state index >= 15 is 0 Å². The molecule has 1 fully saturated rings. The van der Waals surface area contributed by atoms with E-state index in [2.05, 4.69) is 38.0 Å². The lowest BCUT2D eigenvalue weighted by molar-refractivity contribution is -0.192. The predicted octanol–water partition coefficient (Wildman–Crippen LogP) is 7.57. The number of carbonyl (C=O) groups is 2. The van der Waals surface area contributed by atoms with E-state index in [1.807, 2.05) is 54.1 Å². The van der Waals surface area contributed by atoms with Crippen molar-refractivity contribution in [3.05, 3.63) is 112 Å². The van der Waals surface area contributed by atoms with Crippen molar-refractivity contribution in [2.24, 2.45) is 0 Å². The van der Waals surface area contributed by atoms with E-state index in [4.69, 9.17) is 14.2 Å². The monoisotopic (exact) mass is 861 g/mol. The normalized spacial score (nSPS) is 15.4. The molecule has 1 unspecified atom stereocenters. The summed E-state index contributed by atoms with van der Waals surface area (Å²) in [6.45, 7) is 7.05. The topological polar surface area (TPSA) is 154 Å². The van der Waals surface area contributed by atoms with Crippen LogP contribution in [-0.4, -0.2) is 59.1 Å². The molecule has 1 aromatic heterocycles. The molecule has 52 heavy (non-hydrogen) atoms. The number of amides is 1. The number of aromatic nitrogens is 2. The van der Waals surface area contributed by atoms with Crippen molar-refractivity contribution in [1.82, 2.24) is 24.5 Å². The van der Waals surface area contributed by atoms with Crippen molar-refractivity contribution >= 4 is 63.6 Å². The molecule has 2 heterocycles. The van der Waals surface area contributed by atoms with Crippen LogP contribution in [-0.2, 0) is 30.4 Å². The zero-order valence-electron chi connectivity index (χ0n) is 27.5. The van der Waals surface area contributed by atoms with Crippen molar-refractivity contribution in [3.63, 3.8) is 0 Å². The predicted molar refractivity (Wildman–Crippen MR) is 193 cm³/mol. The van der Waals surface area contributed by atoms with Crippen LogP contribution in [0.5, 0.6) is 0 Å². The lowest BCUT2D eigenvalue weighted by atomic mass is 10.1. The second kappa shape index (κ2) is 20.5. The average Bonchev–Trinajstić information content (AvgIpc) is 3.61. The van der Waals surface area contributed by atoms with Gasteiger partial charge in [-0.15, -0.1) is 0 Å². The molecule has 1 aliphatic rings. The number of imidazole rings is 1. The van der Waals surface area contributed by atoms with Crippen LogP contribution in [0.2, 0.25) is 0 Å². The van der Waals surface area contributed by atoms with Crippen molar-refractivity contribution in [3.8, 4) is 11.3 Å². The minimum absolute atomic E-state index is 0. The second-order valence-corrected chi connectivity index (χ2v) is 14.0. The number of hydroxylamine groups is 1. The third-order valence-electron chi connectivity index (χ3n) is 6.39. The number of likely N-dealkylation sites (N-methyl/N-ethyl adjacent to an activating group) is 1. The molecular formula is C31H34BrF6N5O6S3. The van der Waals surface area contributed by atoms with Crippen LogP contribution in [0.4, 0.5) is 26.3 Å². The number of hydrogen-bond acceptors (Lipinski definition) is 9. The largest absolute Gasteiger partial charge is 0.490 e. The first kappa shape index (κ1) is 46.3. The number of rotatable bonds is 10. The molecule has 21 heteroatoms. The number of nitrogens with one attached hydrogen (secondary N) is 3. The number of H-pyrrole nitrogens is 1. The van der Waals surface area contributed by atoms with Gasteiger partial charge < -0.3 is 10.1 Å². The van der Waals surface area contributed by atoms with E-state index in [1.54, 1.807) is 23.6 Å². The quantitative estimate of drug-likeness (QED) is 0.0401. The number of carboxylic acid groups (broad SMARTS) is 1. The van der Waals surface area contributed by atoms with Crippen LogP contribution in [0.1, 0.15) is 35.5 Å². The van der Waals surface area contributed by atoms with Crippen LogP contribution in [0, 0.1) is 6.92 Å². The van der Waals surface area contributed by atoms with E-state index in [0.717, 1.165) is 46.5 Å². The molecule has 11 nitrogen and oxygen atoms in total. The number of aryl methyl sites for hydroxylation is 1. The van der Waals surface area contributed by atoms with Gasteiger partial charge in [-0.05, 0) is 42.7 Å². The number of allylic oxidation sites excluding steroid dienone is 4. The molecule has 3 aromatic rings. The minimum Gasteiger partial charge on any atom is -0.475 e. The Labute approximate surface area is 315 Å². The molecule has 2 aromatic carbocycles. The SMILES string of the molecule is C=C(/C=C/C=C(\C)C(F)(F)F)N(C)SONCc1ncc(-c2ccccc2)[nH]1.Cc1ccc(C2CC(=O)NS2(=O)=O)c(Br)c1.O=C(O)C(F)(F)F.S. The first-order valence-electron chi connectivity index (χ1n) is 14.2. The molecule has 0 saturated carbocycles. The molecule has 1 aliphatic heterocycles. The zero-order valence-corrected chi connectivity index (χ0v) is 31.7. The van der Waals surface area contributed by atoms with Gasteiger partial charge in [0.2, 0.25) is 15.9 Å². The number of benzene rings is 2. The molecule has 4 N–H and O–H groups in total. The number of nitrogens with zero attached hydrogens (tertiary/aromatic N) is 2. The van der Waals surface area contributed by atoms with Crippen molar-refractivity contribution < 1.29 is 53.7 Å². The van der Waals surface area contributed by atoms with Gasteiger partial charge >= 0.3 is 18.3 Å². The number of halogens is 7.